The lowest BCUT2D eigenvalue weighted by Crippen LogP contribution is -2.12. The van der Waals surface area contributed by atoms with Crippen molar-refractivity contribution in [2.45, 2.75) is 31.0 Å². The van der Waals surface area contributed by atoms with Crippen molar-refractivity contribution < 1.29 is 21.6 Å². The number of alkyl halides is 3. The summed E-state index contributed by atoms with van der Waals surface area (Å²) < 4.78 is 64.9. The van der Waals surface area contributed by atoms with Gasteiger partial charge in [-0.05, 0) is 36.2 Å². The number of halogens is 3. The first kappa shape index (κ1) is 21.0. The number of benzene rings is 2. The molecule has 4 N–H and O–H groups in total. The lowest BCUT2D eigenvalue weighted by Gasteiger charge is -2.11. The molecule has 29 heavy (non-hydrogen) atoms. The topological polar surface area (TPSA) is 104 Å². The summed E-state index contributed by atoms with van der Waals surface area (Å²) in [6, 6.07) is 12.0. The largest absolute Gasteiger partial charge is 0.435 e. The monoisotopic (exact) mass is 424 g/mol. The first-order chi connectivity index (χ1) is 13.6. The Hall–Kier alpha value is -2.69. The van der Waals surface area contributed by atoms with Gasteiger partial charge >= 0.3 is 6.18 Å². The molecule has 0 bridgehead atoms. The predicted molar refractivity (Wildman–Crippen MR) is 103 cm³/mol. The van der Waals surface area contributed by atoms with Gasteiger partial charge in [0.05, 0.1) is 16.3 Å². The highest BCUT2D eigenvalue weighted by atomic mass is 32.2. The van der Waals surface area contributed by atoms with Gasteiger partial charge in [-0.25, -0.2) is 18.2 Å². The molecule has 0 fully saturated rings. The average molecular weight is 424 g/mol. The molecule has 0 radical (unpaired) electrons. The zero-order valence-electron chi connectivity index (χ0n) is 15.4. The summed E-state index contributed by atoms with van der Waals surface area (Å²) in [5, 5.41) is 8.91. The van der Waals surface area contributed by atoms with Gasteiger partial charge in [-0.1, -0.05) is 31.2 Å². The van der Waals surface area contributed by atoms with E-state index in [1.165, 1.54) is 28.9 Å². The van der Waals surface area contributed by atoms with Crippen molar-refractivity contribution in [2.24, 2.45) is 10.9 Å². The fraction of sp³-hybridized carbons (Fsp3) is 0.211. The van der Waals surface area contributed by atoms with Crippen molar-refractivity contribution in [1.29, 1.82) is 0 Å². The summed E-state index contributed by atoms with van der Waals surface area (Å²) in [6.45, 7) is 1.93. The van der Waals surface area contributed by atoms with Crippen molar-refractivity contribution >= 4 is 10.0 Å². The molecule has 0 aliphatic heterocycles. The molecule has 0 unspecified atom stereocenters. The molecule has 0 aliphatic carbocycles. The summed E-state index contributed by atoms with van der Waals surface area (Å²) in [6.07, 6.45) is -4.53. The van der Waals surface area contributed by atoms with Crippen LogP contribution in [0.15, 0.2) is 53.4 Å². The zero-order valence-corrected chi connectivity index (χ0v) is 16.3. The number of aromatic nitrogens is 2. The maximum atomic E-state index is 13.6. The van der Waals surface area contributed by atoms with Gasteiger partial charge in [0.15, 0.2) is 5.69 Å². The lowest BCUT2D eigenvalue weighted by molar-refractivity contribution is -0.141. The van der Waals surface area contributed by atoms with E-state index in [9.17, 15) is 21.6 Å². The Labute approximate surface area is 166 Å². The Kier molecular flexibility index (Phi) is 5.52. The molecular weight excluding hydrogens is 405 g/mol. The molecule has 6 nitrogen and oxygen atoms in total. The van der Waals surface area contributed by atoms with Crippen molar-refractivity contribution in [3.8, 4) is 16.9 Å². The van der Waals surface area contributed by atoms with Crippen LogP contribution in [0.4, 0.5) is 13.2 Å². The second-order valence-corrected chi connectivity index (χ2v) is 7.94. The van der Waals surface area contributed by atoms with Gasteiger partial charge in [0.25, 0.3) is 0 Å². The van der Waals surface area contributed by atoms with Crippen LogP contribution in [0.25, 0.3) is 16.9 Å². The quantitative estimate of drug-likeness (QED) is 0.656. The smallest absolute Gasteiger partial charge is 0.326 e. The number of hydrogen-bond donors (Lipinski definition) is 2. The zero-order chi connectivity index (χ0) is 21.4. The Morgan fingerprint density at radius 2 is 1.62 bits per heavy atom. The van der Waals surface area contributed by atoms with E-state index < -0.39 is 21.9 Å². The third-order valence-electron chi connectivity index (χ3n) is 4.48. The van der Waals surface area contributed by atoms with Crippen LogP contribution in [-0.2, 0) is 29.2 Å². The van der Waals surface area contributed by atoms with Gasteiger partial charge in [-0.2, -0.15) is 18.3 Å². The fourth-order valence-corrected chi connectivity index (χ4v) is 3.59. The molecule has 10 heteroatoms. The number of nitrogens with two attached hydrogens (primary N) is 2. The maximum Gasteiger partial charge on any atom is 0.435 e. The number of primary sulfonamides is 1. The first-order valence-electron chi connectivity index (χ1n) is 8.68. The SMILES string of the molecule is CCc1c(C(F)(F)F)nn(-c2ccc(S(N)(=O)=O)cc2)c1-c1ccc(CN)cc1. The Morgan fingerprint density at radius 3 is 2.07 bits per heavy atom. The summed E-state index contributed by atoms with van der Waals surface area (Å²) in [7, 11) is -3.92. The highest BCUT2D eigenvalue weighted by Gasteiger charge is 2.39. The number of sulfonamides is 1. The van der Waals surface area contributed by atoms with Gasteiger partial charge in [0.1, 0.15) is 0 Å². The van der Waals surface area contributed by atoms with E-state index in [1.807, 2.05) is 0 Å². The van der Waals surface area contributed by atoms with Crippen LogP contribution in [0, 0.1) is 0 Å². The van der Waals surface area contributed by atoms with E-state index in [0.717, 1.165) is 5.56 Å². The highest BCUT2D eigenvalue weighted by molar-refractivity contribution is 7.89. The van der Waals surface area contributed by atoms with Crippen LogP contribution in [0.3, 0.4) is 0 Å². The minimum Gasteiger partial charge on any atom is -0.326 e. The van der Waals surface area contributed by atoms with Gasteiger partial charge in [0.2, 0.25) is 10.0 Å². The van der Waals surface area contributed by atoms with Gasteiger partial charge in [-0.3, -0.25) is 0 Å². The van der Waals surface area contributed by atoms with Crippen LogP contribution in [0.5, 0.6) is 0 Å². The van der Waals surface area contributed by atoms with Gasteiger partial charge in [-0.15, -0.1) is 0 Å². The molecule has 0 saturated heterocycles. The summed E-state index contributed by atoms with van der Waals surface area (Å²) in [5.41, 5.74) is 6.61. The number of nitrogens with zero attached hydrogens (tertiary/aromatic N) is 2. The molecule has 0 aliphatic rings. The third kappa shape index (κ3) is 4.19. The van der Waals surface area contributed by atoms with Crippen LogP contribution >= 0.6 is 0 Å². The summed E-state index contributed by atoms with van der Waals surface area (Å²) in [5.74, 6) is 0. The van der Waals surface area contributed by atoms with Crippen molar-refractivity contribution in [3.63, 3.8) is 0 Å². The number of hydrogen-bond acceptors (Lipinski definition) is 4. The second kappa shape index (κ2) is 7.62. The number of rotatable bonds is 5. The van der Waals surface area contributed by atoms with E-state index in [1.54, 1.807) is 31.2 Å². The maximum absolute atomic E-state index is 13.6. The molecule has 3 aromatic rings. The molecule has 1 heterocycles. The lowest BCUT2D eigenvalue weighted by atomic mass is 10.0. The Morgan fingerprint density at radius 1 is 1.03 bits per heavy atom. The van der Waals surface area contributed by atoms with E-state index in [4.69, 9.17) is 10.9 Å². The predicted octanol–water partition coefficient (Wildman–Crippen LogP) is 3.23. The van der Waals surface area contributed by atoms with Crippen molar-refractivity contribution in [1.82, 2.24) is 9.78 Å². The first-order valence-corrected chi connectivity index (χ1v) is 10.2. The normalized spacial score (nSPS) is 12.3. The summed E-state index contributed by atoms with van der Waals surface area (Å²) >= 11 is 0. The van der Waals surface area contributed by atoms with Crippen LogP contribution in [-0.4, -0.2) is 18.2 Å². The van der Waals surface area contributed by atoms with E-state index in [-0.39, 0.29) is 28.3 Å². The molecule has 2 aromatic carbocycles. The molecule has 3 rings (SSSR count). The minimum absolute atomic E-state index is 0.0496. The van der Waals surface area contributed by atoms with Crippen LogP contribution < -0.4 is 10.9 Å². The standard InChI is InChI=1S/C19H19F3N4O2S/c1-2-16-17(13-5-3-12(11-23)4-6-13)26(25-18(16)19(20,21)22)14-7-9-15(10-8-14)29(24,27)28/h3-10H,2,11,23H2,1H3,(H2,24,27,28). The van der Waals surface area contributed by atoms with Crippen molar-refractivity contribution in [3.05, 3.63) is 65.4 Å². The molecule has 0 saturated carbocycles. The Balaban J connectivity index is 2.26. The molecule has 0 spiro atoms. The third-order valence-corrected chi connectivity index (χ3v) is 5.41. The van der Waals surface area contributed by atoms with Crippen LogP contribution in [0.2, 0.25) is 0 Å². The van der Waals surface area contributed by atoms with Gasteiger partial charge in [0, 0.05) is 17.7 Å². The van der Waals surface area contributed by atoms with Crippen LogP contribution in [0.1, 0.15) is 23.7 Å². The highest BCUT2D eigenvalue weighted by Crippen LogP contribution is 2.38. The second-order valence-electron chi connectivity index (χ2n) is 6.38. The molecule has 1 aromatic heterocycles. The molecule has 0 atom stereocenters. The Bertz CT molecular complexity index is 1120. The average Bonchev–Trinajstić information content (AvgIpc) is 3.07. The molecule has 154 valence electrons. The molecular formula is C19H19F3N4O2S. The summed E-state index contributed by atoms with van der Waals surface area (Å²) in [4.78, 5) is -0.144. The fourth-order valence-electron chi connectivity index (χ4n) is 3.07. The van der Waals surface area contributed by atoms with Crippen molar-refractivity contribution in [2.75, 3.05) is 0 Å². The van der Waals surface area contributed by atoms with Gasteiger partial charge < -0.3 is 5.73 Å². The minimum atomic E-state index is -4.64. The molecule has 0 amide bonds. The van der Waals surface area contributed by atoms with E-state index >= 15 is 0 Å². The van der Waals surface area contributed by atoms with E-state index in [2.05, 4.69) is 5.10 Å². The van der Waals surface area contributed by atoms with E-state index in [0.29, 0.717) is 12.1 Å².